The summed E-state index contributed by atoms with van der Waals surface area (Å²) in [7, 11) is 0. The Balaban J connectivity index is 3.30. The standard InChI is InChI=1S/C12H15Cl/c1-5-10-7-11(8(2)3)12(13)6-9(10)4/h6-7H,2,5H2,1,3-4H3. The Morgan fingerprint density at radius 2 is 2.08 bits per heavy atom. The van der Waals surface area contributed by atoms with E-state index in [0.717, 1.165) is 22.6 Å². The molecule has 0 atom stereocenters. The average molecular weight is 195 g/mol. The molecule has 1 rings (SSSR count). The molecule has 1 aromatic rings. The molecule has 0 unspecified atom stereocenters. The Hall–Kier alpha value is -0.750. The molecule has 0 N–H and O–H groups in total. The third-order valence-corrected chi connectivity index (χ3v) is 2.58. The highest BCUT2D eigenvalue weighted by Crippen LogP contribution is 2.26. The van der Waals surface area contributed by atoms with E-state index < -0.39 is 0 Å². The summed E-state index contributed by atoms with van der Waals surface area (Å²) < 4.78 is 0. The van der Waals surface area contributed by atoms with Crippen LogP contribution in [0.4, 0.5) is 0 Å². The largest absolute Gasteiger partial charge is 0.0955 e. The molecule has 0 fully saturated rings. The van der Waals surface area contributed by atoms with Gasteiger partial charge in [0.1, 0.15) is 0 Å². The van der Waals surface area contributed by atoms with Crippen LogP contribution < -0.4 is 0 Å². The number of rotatable bonds is 2. The van der Waals surface area contributed by atoms with Crippen molar-refractivity contribution in [1.82, 2.24) is 0 Å². The Kier molecular flexibility index (Phi) is 3.16. The maximum Gasteiger partial charge on any atom is 0.0483 e. The topological polar surface area (TPSA) is 0 Å². The van der Waals surface area contributed by atoms with Gasteiger partial charge in [-0.25, -0.2) is 0 Å². The van der Waals surface area contributed by atoms with E-state index in [1.165, 1.54) is 11.1 Å². The van der Waals surface area contributed by atoms with E-state index in [4.69, 9.17) is 11.6 Å². The third-order valence-electron chi connectivity index (χ3n) is 2.27. The summed E-state index contributed by atoms with van der Waals surface area (Å²) in [6.45, 7) is 10.1. The average Bonchev–Trinajstić information content (AvgIpc) is 2.03. The normalized spacial score (nSPS) is 10.2. The molecule has 0 saturated carbocycles. The highest BCUT2D eigenvalue weighted by Gasteiger charge is 2.04. The van der Waals surface area contributed by atoms with Crippen molar-refractivity contribution in [2.75, 3.05) is 0 Å². The summed E-state index contributed by atoms with van der Waals surface area (Å²) in [6, 6.07) is 4.16. The molecule has 0 saturated heterocycles. The summed E-state index contributed by atoms with van der Waals surface area (Å²) in [5.41, 5.74) is 4.71. The predicted molar refractivity (Wildman–Crippen MR) is 60.3 cm³/mol. The van der Waals surface area contributed by atoms with Crippen LogP contribution in [0.5, 0.6) is 0 Å². The van der Waals surface area contributed by atoms with Crippen LogP contribution in [-0.4, -0.2) is 0 Å². The maximum absolute atomic E-state index is 6.09. The van der Waals surface area contributed by atoms with Crippen molar-refractivity contribution in [3.63, 3.8) is 0 Å². The van der Waals surface area contributed by atoms with Gasteiger partial charge in [-0.15, -0.1) is 0 Å². The molecule has 1 heteroatoms. The second-order valence-corrected chi connectivity index (χ2v) is 3.80. The molecule has 0 nitrogen and oxygen atoms in total. The zero-order valence-corrected chi connectivity index (χ0v) is 9.20. The zero-order valence-electron chi connectivity index (χ0n) is 8.45. The molecule has 0 spiro atoms. The van der Waals surface area contributed by atoms with Crippen molar-refractivity contribution in [2.24, 2.45) is 0 Å². The fraction of sp³-hybridized carbons (Fsp3) is 0.333. The van der Waals surface area contributed by atoms with Crippen LogP contribution in [0.2, 0.25) is 5.02 Å². The molecule has 0 bridgehead atoms. The van der Waals surface area contributed by atoms with Gasteiger partial charge in [0.15, 0.2) is 0 Å². The summed E-state index contributed by atoms with van der Waals surface area (Å²) in [5, 5.41) is 0.808. The van der Waals surface area contributed by atoms with Crippen molar-refractivity contribution >= 4 is 17.2 Å². The Morgan fingerprint density at radius 3 is 2.54 bits per heavy atom. The molecule has 1 aromatic carbocycles. The van der Waals surface area contributed by atoms with E-state index in [1.807, 2.05) is 13.0 Å². The Bertz CT molecular complexity index is 337. The number of allylic oxidation sites excluding steroid dienone is 1. The lowest BCUT2D eigenvalue weighted by molar-refractivity contribution is 1.11. The van der Waals surface area contributed by atoms with Crippen molar-refractivity contribution in [1.29, 1.82) is 0 Å². The Labute approximate surface area is 85.2 Å². The highest BCUT2D eigenvalue weighted by molar-refractivity contribution is 6.32. The van der Waals surface area contributed by atoms with Crippen LogP contribution in [0.15, 0.2) is 18.7 Å². The molecule has 0 aliphatic carbocycles. The van der Waals surface area contributed by atoms with Crippen LogP contribution in [0.1, 0.15) is 30.5 Å². The smallest absolute Gasteiger partial charge is 0.0483 e. The number of aryl methyl sites for hydroxylation is 2. The highest BCUT2D eigenvalue weighted by atomic mass is 35.5. The van der Waals surface area contributed by atoms with E-state index in [1.54, 1.807) is 0 Å². The van der Waals surface area contributed by atoms with Gasteiger partial charge in [-0.2, -0.15) is 0 Å². The molecular weight excluding hydrogens is 180 g/mol. The van der Waals surface area contributed by atoms with Crippen LogP contribution in [0.25, 0.3) is 5.57 Å². The first kappa shape index (κ1) is 10.3. The van der Waals surface area contributed by atoms with Gasteiger partial charge in [0.05, 0.1) is 0 Å². The van der Waals surface area contributed by atoms with Gasteiger partial charge in [0.2, 0.25) is 0 Å². The van der Waals surface area contributed by atoms with Crippen LogP contribution >= 0.6 is 11.6 Å². The van der Waals surface area contributed by atoms with Gasteiger partial charge in [-0.05, 0) is 54.7 Å². The van der Waals surface area contributed by atoms with Crippen molar-refractivity contribution in [3.05, 3.63) is 40.4 Å². The fourth-order valence-corrected chi connectivity index (χ4v) is 1.81. The van der Waals surface area contributed by atoms with Gasteiger partial charge >= 0.3 is 0 Å². The molecular formula is C12H15Cl. The molecule has 0 aliphatic heterocycles. The minimum atomic E-state index is 0.808. The summed E-state index contributed by atoms with van der Waals surface area (Å²) >= 11 is 6.09. The predicted octanol–water partition coefficient (Wildman–Crippen LogP) is 4.24. The minimum Gasteiger partial charge on any atom is -0.0955 e. The monoisotopic (exact) mass is 194 g/mol. The third kappa shape index (κ3) is 2.13. The van der Waals surface area contributed by atoms with Gasteiger partial charge in [0, 0.05) is 5.02 Å². The summed E-state index contributed by atoms with van der Waals surface area (Å²) in [4.78, 5) is 0. The first-order chi connectivity index (χ1) is 6.06. The van der Waals surface area contributed by atoms with Crippen LogP contribution in [0.3, 0.4) is 0 Å². The van der Waals surface area contributed by atoms with Crippen molar-refractivity contribution in [3.8, 4) is 0 Å². The number of hydrogen-bond donors (Lipinski definition) is 0. The molecule has 13 heavy (non-hydrogen) atoms. The first-order valence-electron chi connectivity index (χ1n) is 4.51. The summed E-state index contributed by atoms with van der Waals surface area (Å²) in [6.07, 6.45) is 1.04. The number of hydrogen-bond acceptors (Lipinski definition) is 0. The van der Waals surface area contributed by atoms with E-state index in [-0.39, 0.29) is 0 Å². The van der Waals surface area contributed by atoms with Gasteiger partial charge in [-0.3, -0.25) is 0 Å². The fourth-order valence-electron chi connectivity index (χ4n) is 1.43. The van der Waals surface area contributed by atoms with E-state index in [9.17, 15) is 0 Å². The van der Waals surface area contributed by atoms with Crippen LogP contribution in [0, 0.1) is 6.92 Å². The summed E-state index contributed by atoms with van der Waals surface area (Å²) in [5.74, 6) is 0. The molecule has 0 aliphatic rings. The zero-order chi connectivity index (χ0) is 10.0. The van der Waals surface area contributed by atoms with Gasteiger partial charge < -0.3 is 0 Å². The molecule has 0 radical (unpaired) electrons. The number of halogens is 1. The van der Waals surface area contributed by atoms with Crippen molar-refractivity contribution in [2.45, 2.75) is 27.2 Å². The van der Waals surface area contributed by atoms with E-state index in [0.29, 0.717) is 0 Å². The Morgan fingerprint density at radius 1 is 1.46 bits per heavy atom. The maximum atomic E-state index is 6.09. The SMILES string of the molecule is C=C(C)c1cc(CC)c(C)cc1Cl. The van der Waals surface area contributed by atoms with Crippen molar-refractivity contribution < 1.29 is 0 Å². The molecule has 0 aromatic heterocycles. The minimum absolute atomic E-state index is 0.808. The second kappa shape index (κ2) is 3.97. The molecule has 0 amide bonds. The lowest BCUT2D eigenvalue weighted by Gasteiger charge is -2.09. The first-order valence-corrected chi connectivity index (χ1v) is 4.89. The molecule has 70 valence electrons. The second-order valence-electron chi connectivity index (χ2n) is 3.39. The lowest BCUT2D eigenvalue weighted by Crippen LogP contribution is -1.90. The van der Waals surface area contributed by atoms with E-state index >= 15 is 0 Å². The van der Waals surface area contributed by atoms with E-state index in [2.05, 4.69) is 26.5 Å². The lowest BCUT2D eigenvalue weighted by atomic mass is 10.00. The van der Waals surface area contributed by atoms with Gasteiger partial charge in [0.25, 0.3) is 0 Å². The van der Waals surface area contributed by atoms with Crippen LogP contribution in [-0.2, 0) is 6.42 Å². The number of benzene rings is 1. The quantitative estimate of drug-likeness (QED) is 0.661. The molecule has 0 heterocycles. The van der Waals surface area contributed by atoms with Gasteiger partial charge in [-0.1, -0.05) is 25.1 Å².